The highest BCUT2D eigenvalue weighted by Crippen LogP contribution is 2.28. The van der Waals surface area contributed by atoms with Gasteiger partial charge in [0.2, 0.25) is 0 Å². The van der Waals surface area contributed by atoms with Gasteiger partial charge in [-0.1, -0.05) is 42.5 Å². The topological polar surface area (TPSA) is 35.5 Å². The van der Waals surface area contributed by atoms with Gasteiger partial charge in [-0.15, -0.1) is 0 Å². The van der Waals surface area contributed by atoms with Crippen LogP contribution in [0.15, 0.2) is 42.5 Å². The summed E-state index contributed by atoms with van der Waals surface area (Å²) in [7, 11) is 0. The van der Waals surface area contributed by atoms with E-state index in [0.29, 0.717) is 0 Å². The van der Waals surface area contributed by atoms with Crippen molar-refractivity contribution >= 4 is 10.8 Å². The van der Waals surface area contributed by atoms with E-state index >= 15 is 0 Å². The van der Waals surface area contributed by atoms with Gasteiger partial charge in [-0.2, -0.15) is 0 Å². The molecule has 3 rings (SSSR count). The summed E-state index contributed by atoms with van der Waals surface area (Å²) in [5.41, 5.74) is 1.24. The van der Waals surface area contributed by atoms with E-state index in [4.69, 9.17) is 0 Å². The molecule has 0 unspecified atom stereocenters. The number of piperazine rings is 1. The van der Waals surface area contributed by atoms with Gasteiger partial charge in [0.25, 0.3) is 0 Å². The molecule has 1 aliphatic rings. The summed E-state index contributed by atoms with van der Waals surface area (Å²) in [5.74, 6) is 0. The second-order valence-corrected chi connectivity index (χ2v) is 5.05. The predicted molar refractivity (Wildman–Crippen MR) is 78.2 cm³/mol. The Kier molecular flexibility index (Phi) is 3.78. The summed E-state index contributed by atoms with van der Waals surface area (Å²) >= 11 is 0. The van der Waals surface area contributed by atoms with Crippen LogP contribution >= 0.6 is 0 Å². The molecule has 1 saturated heterocycles. The fourth-order valence-electron chi connectivity index (χ4n) is 2.95. The molecule has 100 valence electrons. The molecule has 0 spiro atoms. The third-order valence-electron chi connectivity index (χ3n) is 3.95. The van der Waals surface area contributed by atoms with Crippen molar-refractivity contribution in [1.82, 2.24) is 10.2 Å². The fourth-order valence-corrected chi connectivity index (χ4v) is 2.95. The SMILES string of the molecule is OC[C@H](c1cccc2ccccc12)N1CCNCC1. The maximum Gasteiger partial charge on any atom is 0.0628 e. The zero-order valence-corrected chi connectivity index (χ0v) is 11.0. The summed E-state index contributed by atoms with van der Waals surface area (Å²) in [4.78, 5) is 2.37. The number of fused-ring (bicyclic) bond motifs is 1. The second-order valence-electron chi connectivity index (χ2n) is 5.05. The molecular formula is C16H20N2O. The Morgan fingerprint density at radius 2 is 1.79 bits per heavy atom. The van der Waals surface area contributed by atoms with Crippen LogP contribution in [0, 0.1) is 0 Å². The van der Waals surface area contributed by atoms with Gasteiger partial charge >= 0.3 is 0 Å². The van der Waals surface area contributed by atoms with Crippen molar-refractivity contribution < 1.29 is 5.11 Å². The van der Waals surface area contributed by atoms with E-state index in [2.05, 4.69) is 52.7 Å². The molecule has 0 radical (unpaired) electrons. The molecule has 2 aromatic rings. The van der Waals surface area contributed by atoms with E-state index in [1.807, 2.05) is 0 Å². The Morgan fingerprint density at radius 3 is 2.58 bits per heavy atom. The average molecular weight is 256 g/mol. The van der Waals surface area contributed by atoms with Crippen molar-refractivity contribution in [3.63, 3.8) is 0 Å². The third-order valence-corrected chi connectivity index (χ3v) is 3.95. The van der Waals surface area contributed by atoms with E-state index in [9.17, 15) is 5.11 Å². The van der Waals surface area contributed by atoms with E-state index in [0.717, 1.165) is 26.2 Å². The van der Waals surface area contributed by atoms with Crippen molar-refractivity contribution in [2.45, 2.75) is 6.04 Å². The molecule has 1 atom stereocenters. The van der Waals surface area contributed by atoms with Crippen LogP contribution in [0.25, 0.3) is 10.8 Å². The van der Waals surface area contributed by atoms with E-state index < -0.39 is 0 Å². The summed E-state index contributed by atoms with van der Waals surface area (Å²) in [5, 5.41) is 15.7. The predicted octanol–water partition coefficient (Wildman–Crippen LogP) is 1.78. The quantitative estimate of drug-likeness (QED) is 0.878. The zero-order chi connectivity index (χ0) is 13.1. The Labute approximate surface area is 113 Å². The number of aliphatic hydroxyl groups is 1. The van der Waals surface area contributed by atoms with E-state index in [1.54, 1.807) is 0 Å². The van der Waals surface area contributed by atoms with Crippen LogP contribution in [0.2, 0.25) is 0 Å². The monoisotopic (exact) mass is 256 g/mol. The fraction of sp³-hybridized carbons (Fsp3) is 0.375. The zero-order valence-electron chi connectivity index (χ0n) is 11.0. The first-order valence-electron chi connectivity index (χ1n) is 6.93. The highest BCUT2D eigenvalue weighted by molar-refractivity contribution is 5.86. The molecule has 2 N–H and O–H groups in total. The van der Waals surface area contributed by atoms with Gasteiger partial charge in [-0.05, 0) is 16.3 Å². The van der Waals surface area contributed by atoms with Gasteiger partial charge in [0.1, 0.15) is 0 Å². The van der Waals surface area contributed by atoms with E-state index in [1.165, 1.54) is 16.3 Å². The maximum absolute atomic E-state index is 9.83. The molecule has 1 heterocycles. The highest BCUT2D eigenvalue weighted by atomic mass is 16.3. The lowest BCUT2D eigenvalue weighted by molar-refractivity contribution is 0.111. The van der Waals surface area contributed by atoms with Crippen LogP contribution in [-0.2, 0) is 0 Å². The first kappa shape index (κ1) is 12.6. The summed E-state index contributed by atoms with van der Waals surface area (Å²) in [6, 6.07) is 14.9. The van der Waals surface area contributed by atoms with Crippen molar-refractivity contribution in [1.29, 1.82) is 0 Å². The van der Waals surface area contributed by atoms with Crippen LogP contribution in [0.4, 0.5) is 0 Å². The van der Waals surface area contributed by atoms with Crippen LogP contribution in [-0.4, -0.2) is 42.8 Å². The first-order valence-corrected chi connectivity index (χ1v) is 6.93. The van der Waals surface area contributed by atoms with Crippen LogP contribution in [0.5, 0.6) is 0 Å². The summed E-state index contributed by atoms with van der Waals surface area (Å²) in [6.07, 6.45) is 0. The Hall–Kier alpha value is -1.42. The lowest BCUT2D eigenvalue weighted by Crippen LogP contribution is -2.46. The number of rotatable bonds is 3. The lowest BCUT2D eigenvalue weighted by Gasteiger charge is -2.34. The number of nitrogens with zero attached hydrogens (tertiary/aromatic N) is 1. The Morgan fingerprint density at radius 1 is 1.05 bits per heavy atom. The van der Waals surface area contributed by atoms with Crippen LogP contribution < -0.4 is 5.32 Å². The maximum atomic E-state index is 9.83. The van der Waals surface area contributed by atoms with Crippen LogP contribution in [0.1, 0.15) is 11.6 Å². The molecule has 0 aliphatic carbocycles. The van der Waals surface area contributed by atoms with Gasteiger partial charge in [0.15, 0.2) is 0 Å². The molecule has 1 aliphatic heterocycles. The minimum atomic E-state index is 0.105. The molecule has 0 aromatic heterocycles. The standard InChI is InChI=1S/C16H20N2O/c19-12-16(18-10-8-17-9-11-18)15-7-3-5-13-4-1-2-6-14(13)15/h1-7,16-17,19H,8-12H2/t16-/m1/s1. The van der Waals surface area contributed by atoms with Gasteiger partial charge in [0, 0.05) is 26.2 Å². The lowest BCUT2D eigenvalue weighted by atomic mass is 9.97. The molecule has 3 heteroatoms. The summed E-state index contributed by atoms with van der Waals surface area (Å²) in [6.45, 7) is 4.17. The van der Waals surface area contributed by atoms with Crippen molar-refractivity contribution in [3.05, 3.63) is 48.0 Å². The molecule has 0 bridgehead atoms. The minimum Gasteiger partial charge on any atom is -0.394 e. The normalized spacial score (nSPS) is 18.6. The van der Waals surface area contributed by atoms with Gasteiger partial charge in [-0.25, -0.2) is 0 Å². The smallest absolute Gasteiger partial charge is 0.0628 e. The number of hydrogen-bond donors (Lipinski definition) is 2. The number of aliphatic hydroxyl groups excluding tert-OH is 1. The van der Waals surface area contributed by atoms with Crippen molar-refractivity contribution in [2.75, 3.05) is 32.8 Å². The minimum absolute atomic E-state index is 0.105. The van der Waals surface area contributed by atoms with Gasteiger partial charge in [0.05, 0.1) is 12.6 Å². The van der Waals surface area contributed by atoms with Gasteiger partial charge in [-0.3, -0.25) is 4.90 Å². The molecule has 2 aromatic carbocycles. The van der Waals surface area contributed by atoms with Gasteiger partial charge < -0.3 is 10.4 Å². The molecule has 1 fully saturated rings. The molecule has 0 amide bonds. The summed E-state index contributed by atoms with van der Waals surface area (Å²) < 4.78 is 0. The number of hydrogen-bond acceptors (Lipinski definition) is 3. The third kappa shape index (κ3) is 2.50. The number of benzene rings is 2. The highest BCUT2D eigenvalue weighted by Gasteiger charge is 2.22. The molecule has 0 saturated carbocycles. The molecule has 3 nitrogen and oxygen atoms in total. The van der Waals surface area contributed by atoms with Crippen LogP contribution in [0.3, 0.4) is 0 Å². The molecule has 19 heavy (non-hydrogen) atoms. The Balaban J connectivity index is 2.00. The largest absolute Gasteiger partial charge is 0.394 e. The second kappa shape index (κ2) is 5.70. The average Bonchev–Trinajstić information content (AvgIpc) is 2.49. The van der Waals surface area contributed by atoms with Crippen molar-refractivity contribution in [2.24, 2.45) is 0 Å². The first-order chi connectivity index (χ1) is 9.40. The van der Waals surface area contributed by atoms with E-state index in [-0.39, 0.29) is 12.6 Å². The number of nitrogens with one attached hydrogen (secondary N) is 1. The van der Waals surface area contributed by atoms with Crippen molar-refractivity contribution in [3.8, 4) is 0 Å². The molecular weight excluding hydrogens is 236 g/mol. The Bertz CT molecular complexity index is 544.